The molecule has 1 aromatic carbocycles. The molecule has 5 nitrogen and oxygen atoms in total. The average Bonchev–Trinajstić information content (AvgIpc) is 2.59. The highest BCUT2D eigenvalue weighted by molar-refractivity contribution is 5.69. The zero-order valence-electron chi connectivity index (χ0n) is 17.0. The first-order chi connectivity index (χ1) is 12.9. The Morgan fingerprint density at radius 2 is 1.89 bits per heavy atom. The van der Waals surface area contributed by atoms with E-state index < -0.39 is 5.60 Å². The summed E-state index contributed by atoms with van der Waals surface area (Å²) in [4.78, 5) is 17.3. The van der Waals surface area contributed by atoms with Crippen molar-refractivity contribution >= 4 is 11.8 Å². The van der Waals surface area contributed by atoms with Crippen molar-refractivity contribution in [2.45, 2.75) is 71.1 Å². The number of aliphatic hydroxyl groups is 1. The fraction of sp³-hybridized carbons (Fsp3) is 0.682. The van der Waals surface area contributed by atoms with Gasteiger partial charge in [-0.25, -0.2) is 4.79 Å². The van der Waals surface area contributed by atoms with Crippen LogP contribution in [0.1, 0.15) is 58.4 Å². The van der Waals surface area contributed by atoms with Crippen LogP contribution in [0.2, 0.25) is 0 Å². The number of hydrogen-bond acceptors (Lipinski definition) is 4. The molecule has 1 aliphatic carbocycles. The average molecular weight is 375 g/mol. The molecule has 0 aromatic heterocycles. The van der Waals surface area contributed by atoms with E-state index in [1.54, 1.807) is 0 Å². The second-order valence-electron chi connectivity index (χ2n) is 9.00. The number of nitrogens with zero attached hydrogens (tertiary/aromatic N) is 2. The highest BCUT2D eigenvalue weighted by Gasteiger charge is 2.34. The van der Waals surface area contributed by atoms with Crippen molar-refractivity contribution in [3.05, 3.63) is 29.8 Å². The van der Waals surface area contributed by atoms with Gasteiger partial charge >= 0.3 is 6.09 Å². The van der Waals surface area contributed by atoms with Crippen LogP contribution in [0.25, 0.3) is 0 Å². The maximum Gasteiger partial charge on any atom is 0.410 e. The Morgan fingerprint density at radius 1 is 1.19 bits per heavy atom. The van der Waals surface area contributed by atoms with Gasteiger partial charge in [-0.15, -0.1) is 0 Å². The van der Waals surface area contributed by atoms with Gasteiger partial charge in [-0.1, -0.05) is 18.6 Å². The van der Waals surface area contributed by atoms with Gasteiger partial charge in [-0.2, -0.15) is 0 Å². The molecule has 150 valence electrons. The second kappa shape index (κ2) is 8.51. The van der Waals surface area contributed by atoms with E-state index in [4.69, 9.17) is 4.74 Å². The van der Waals surface area contributed by atoms with Gasteiger partial charge in [0.25, 0.3) is 0 Å². The number of rotatable bonds is 5. The van der Waals surface area contributed by atoms with E-state index in [-0.39, 0.29) is 18.7 Å². The number of piperidine rings is 1. The topological polar surface area (TPSA) is 53.0 Å². The summed E-state index contributed by atoms with van der Waals surface area (Å²) >= 11 is 0. The fourth-order valence-corrected chi connectivity index (χ4v) is 3.90. The first kappa shape index (κ1) is 20.0. The van der Waals surface area contributed by atoms with Gasteiger partial charge in [0.05, 0.1) is 12.6 Å². The van der Waals surface area contributed by atoms with E-state index in [1.165, 1.54) is 19.3 Å². The van der Waals surface area contributed by atoms with Crippen LogP contribution >= 0.6 is 0 Å². The smallest absolute Gasteiger partial charge is 0.410 e. The SMILES string of the molecule is CC(C)(C)OC(=O)N(CC1CCC1)[C@@H]1CCCN(c2ccc(CO)cc2)C1. The number of hydrogen-bond donors (Lipinski definition) is 1. The molecule has 1 N–H and O–H groups in total. The summed E-state index contributed by atoms with van der Waals surface area (Å²) in [7, 11) is 0. The standard InChI is InChI=1S/C22H34N2O3/c1-22(2,3)27-21(26)24(14-17-6-4-7-17)20-8-5-13-23(15-20)19-11-9-18(16-25)10-12-19/h9-12,17,20,25H,4-8,13-16H2,1-3H3/t20-/m1/s1. The third-order valence-corrected chi connectivity index (χ3v) is 5.63. The van der Waals surface area contributed by atoms with Gasteiger partial charge in [-0.05, 0) is 70.1 Å². The Labute approximate surface area is 163 Å². The van der Waals surface area contributed by atoms with E-state index in [0.29, 0.717) is 5.92 Å². The highest BCUT2D eigenvalue weighted by atomic mass is 16.6. The Balaban J connectivity index is 1.71. The minimum Gasteiger partial charge on any atom is -0.444 e. The summed E-state index contributed by atoms with van der Waals surface area (Å²) in [5, 5.41) is 9.25. The predicted molar refractivity (Wildman–Crippen MR) is 108 cm³/mol. The van der Waals surface area contributed by atoms with Crippen molar-refractivity contribution in [1.82, 2.24) is 4.90 Å². The van der Waals surface area contributed by atoms with E-state index in [0.717, 1.165) is 43.7 Å². The normalized spacial score (nSPS) is 20.9. The third-order valence-electron chi connectivity index (χ3n) is 5.63. The van der Waals surface area contributed by atoms with Crippen molar-refractivity contribution in [3.63, 3.8) is 0 Å². The molecule has 1 saturated carbocycles. The van der Waals surface area contributed by atoms with Crippen molar-refractivity contribution in [3.8, 4) is 0 Å². The molecule has 0 unspecified atom stereocenters. The lowest BCUT2D eigenvalue weighted by atomic mass is 9.84. The third kappa shape index (κ3) is 5.38. The van der Waals surface area contributed by atoms with Crippen LogP contribution in [0, 0.1) is 5.92 Å². The molecule has 5 heteroatoms. The van der Waals surface area contributed by atoms with Gasteiger partial charge < -0.3 is 19.6 Å². The minimum absolute atomic E-state index is 0.0662. The van der Waals surface area contributed by atoms with E-state index in [9.17, 15) is 9.90 Å². The molecular formula is C22H34N2O3. The van der Waals surface area contributed by atoms with Crippen LogP contribution in [0.15, 0.2) is 24.3 Å². The molecule has 1 heterocycles. The molecule has 1 saturated heterocycles. The number of carbonyl (C=O) groups excluding carboxylic acids is 1. The lowest BCUT2D eigenvalue weighted by molar-refractivity contribution is 0.00736. The quantitative estimate of drug-likeness (QED) is 0.840. The Bertz CT molecular complexity index is 619. The molecule has 2 fully saturated rings. The van der Waals surface area contributed by atoms with Crippen molar-refractivity contribution in [1.29, 1.82) is 0 Å². The lowest BCUT2D eigenvalue weighted by Gasteiger charge is -2.43. The second-order valence-corrected chi connectivity index (χ2v) is 9.00. The summed E-state index contributed by atoms with van der Waals surface area (Å²) in [6, 6.07) is 8.26. The Kier molecular flexibility index (Phi) is 6.30. The first-order valence-electron chi connectivity index (χ1n) is 10.3. The molecule has 3 rings (SSSR count). The Morgan fingerprint density at radius 3 is 2.44 bits per heavy atom. The summed E-state index contributed by atoms with van der Waals surface area (Å²) in [6.45, 7) is 8.52. The summed E-state index contributed by atoms with van der Waals surface area (Å²) in [5.74, 6) is 0.622. The van der Waals surface area contributed by atoms with Crippen LogP contribution in [0.4, 0.5) is 10.5 Å². The first-order valence-corrected chi connectivity index (χ1v) is 10.3. The van der Waals surface area contributed by atoms with Crippen LogP contribution in [0.5, 0.6) is 0 Å². The molecule has 0 bridgehead atoms. The molecule has 1 aromatic rings. The molecule has 2 aliphatic rings. The summed E-state index contributed by atoms with van der Waals surface area (Å²) < 4.78 is 5.73. The van der Waals surface area contributed by atoms with Crippen molar-refractivity contribution in [2.24, 2.45) is 5.92 Å². The number of carbonyl (C=O) groups is 1. The molecule has 0 spiro atoms. The fourth-order valence-electron chi connectivity index (χ4n) is 3.90. The van der Waals surface area contributed by atoms with Gasteiger partial charge in [0.15, 0.2) is 0 Å². The van der Waals surface area contributed by atoms with Crippen LogP contribution < -0.4 is 4.90 Å². The van der Waals surface area contributed by atoms with Gasteiger partial charge in [0.2, 0.25) is 0 Å². The lowest BCUT2D eigenvalue weighted by Crippen LogP contribution is -2.53. The number of anilines is 1. The molecule has 1 amide bonds. The molecule has 0 radical (unpaired) electrons. The number of benzene rings is 1. The van der Waals surface area contributed by atoms with Crippen molar-refractivity contribution < 1.29 is 14.6 Å². The molecule has 1 aliphatic heterocycles. The van der Waals surface area contributed by atoms with Crippen molar-refractivity contribution in [2.75, 3.05) is 24.5 Å². The molecule has 1 atom stereocenters. The van der Waals surface area contributed by atoms with E-state index in [2.05, 4.69) is 17.0 Å². The maximum atomic E-state index is 12.9. The maximum absolute atomic E-state index is 12.9. The van der Waals surface area contributed by atoms with Crippen LogP contribution in [-0.2, 0) is 11.3 Å². The zero-order valence-corrected chi connectivity index (χ0v) is 17.0. The molecular weight excluding hydrogens is 340 g/mol. The van der Waals surface area contributed by atoms with Crippen LogP contribution in [0.3, 0.4) is 0 Å². The van der Waals surface area contributed by atoms with Gasteiger partial charge in [0.1, 0.15) is 5.60 Å². The largest absolute Gasteiger partial charge is 0.444 e. The zero-order chi connectivity index (χ0) is 19.4. The molecule has 27 heavy (non-hydrogen) atoms. The summed E-state index contributed by atoms with van der Waals surface area (Å²) in [5.41, 5.74) is 1.61. The van der Waals surface area contributed by atoms with E-state index >= 15 is 0 Å². The van der Waals surface area contributed by atoms with Crippen LogP contribution in [-0.4, -0.2) is 47.4 Å². The number of ether oxygens (including phenoxy) is 1. The Hall–Kier alpha value is -1.75. The highest BCUT2D eigenvalue weighted by Crippen LogP contribution is 2.30. The number of amides is 1. The minimum atomic E-state index is -0.469. The monoisotopic (exact) mass is 374 g/mol. The number of aliphatic hydroxyl groups excluding tert-OH is 1. The van der Waals surface area contributed by atoms with Gasteiger partial charge in [0, 0.05) is 25.3 Å². The van der Waals surface area contributed by atoms with E-state index in [1.807, 2.05) is 37.8 Å². The summed E-state index contributed by atoms with van der Waals surface area (Å²) in [6.07, 6.45) is 5.64. The van der Waals surface area contributed by atoms with Gasteiger partial charge in [-0.3, -0.25) is 0 Å². The predicted octanol–water partition coefficient (Wildman–Crippen LogP) is 4.18.